The number of aromatic nitrogens is 1. The number of nitrogens with zero attached hydrogens (tertiary/aromatic N) is 1. The standard InChI is InChI=1S/C21H17N3O3/c25-19(21(27)23-14-16-10-6-7-13-22-16)17-11-4-5-12-18(17)24-20(26)15-8-2-1-3-9-15/h1-13H,14H2,(H,23,27)(H,24,26). The Morgan fingerprint density at radius 1 is 0.815 bits per heavy atom. The zero-order valence-corrected chi connectivity index (χ0v) is 14.4. The fraction of sp³-hybridized carbons (Fsp3) is 0.0476. The molecular weight excluding hydrogens is 342 g/mol. The SMILES string of the molecule is O=C(NCc1ccccn1)C(=O)c1ccccc1NC(=O)c1ccccc1. The van der Waals surface area contributed by atoms with Crippen LogP contribution in [0.4, 0.5) is 5.69 Å². The molecule has 2 N–H and O–H groups in total. The number of amides is 2. The van der Waals surface area contributed by atoms with Crippen molar-refractivity contribution < 1.29 is 14.4 Å². The van der Waals surface area contributed by atoms with E-state index in [1.165, 1.54) is 6.07 Å². The number of carbonyl (C=O) groups is 3. The second kappa shape index (κ2) is 8.53. The molecule has 0 unspecified atom stereocenters. The molecule has 0 aliphatic carbocycles. The first-order chi connectivity index (χ1) is 13.1. The van der Waals surface area contributed by atoms with Crippen LogP contribution >= 0.6 is 0 Å². The number of carbonyl (C=O) groups excluding carboxylic acids is 3. The summed E-state index contributed by atoms with van der Waals surface area (Å²) in [4.78, 5) is 41.2. The average molecular weight is 359 g/mol. The predicted octanol–water partition coefficient (Wildman–Crippen LogP) is 2.83. The molecule has 27 heavy (non-hydrogen) atoms. The summed E-state index contributed by atoms with van der Waals surface area (Å²) in [7, 11) is 0. The maximum atomic E-state index is 12.5. The lowest BCUT2D eigenvalue weighted by Crippen LogP contribution is -2.31. The molecule has 2 aromatic carbocycles. The number of rotatable bonds is 6. The van der Waals surface area contributed by atoms with E-state index in [-0.39, 0.29) is 23.7 Å². The third-order valence-corrected chi connectivity index (χ3v) is 3.82. The number of nitrogens with one attached hydrogen (secondary N) is 2. The summed E-state index contributed by atoms with van der Waals surface area (Å²) in [5.74, 6) is -1.85. The van der Waals surface area contributed by atoms with E-state index in [4.69, 9.17) is 0 Å². The largest absolute Gasteiger partial charge is 0.344 e. The number of ketones is 1. The molecule has 1 aromatic heterocycles. The van der Waals surface area contributed by atoms with E-state index in [9.17, 15) is 14.4 Å². The molecule has 0 bridgehead atoms. The highest BCUT2D eigenvalue weighted by molar-refractivity contribution is 6.44. The van der Waals surface area contributed by atoms with E-state index in [0.717, 1.165) is 0 Å². The molecule has 0 saturated carbocycles. The summed E-state index contributed by atoms with van der Waals surface area (Å²) in [5.41, 5.74) is 1.51. The molecule has 2 amide bonds. The van der Waals surface area contributed by atoms with Crippen LogP contribution in [0.5, 0.6) is 0 Å². The van der Waals surface area contributed by atoms with E-state index in [2.05, 4.69) is 15.6 Å². The van der Waals surface area contributed by atoms with E-state index < -0.39 is 11.7 Å². The Morgan fingerprint density at radius 3 is 2.26 bits per heavy atom. The number of benzene rings is 2. The molecule has 0 atom stereocenters. The predicted molar refractivity (Wildman–Crippen MR) is 101 cm³/mol. The molecule has 6 nitrogen and oxygen atoms in total. The number of hydrogen-bond acceptors (Lipinski definition) is 4. The third-order valence-electron chi connectivity index (χ3n) is 3.82. The van der Waals surface area contributed by atoms with Crippen molar-refractivity contribution in [2.24, 2.45) is 0 Å². The molecule has 0 aliphatic heterocycles. The molecule has 0 radical (unpaired) electrons. The van der Waals surface area contributed by atoms with Crippen LogP contribution in [0.3, 0.4) is 0 Å². The number of Topliss-reactive ketones (excluding diaryl/α,β-unsaturated/α-hetero) is 1. The maximum Gasteiger partial charge on any atom is 0.292 e. The first-order valence-electron chi connectivity index (χ1n) is 8.33. The molecule has 134 valence electrons. The van der Waals surface area contributed by atoms with E-state index in [0.29, 0.717) is 11.3 Å². The van der Waals surface area contributed by atoms with Crippen LogP contribution < -0.4 is 10.6 Å². The van der Waals surface area contributed by atoms with Crippen LogP contribution in [0.25, 0.3) is 0 Å². The minimum Gasteiger partial charge on any atom is -0.344 e. The molecule has 0 spiro atoms. The van der Waals surface area contributed by atoms with Gasteiger partial charge >= 0.3 is 0 Å². The molecule has 0 aliphatic rings. The van der Waals surface area contributed by atoms with Gasteiger partial charge in [0.05, 0.1) is 23.5 Å². The van der Waals surface area contributed by atoms with Crippen LogP contribution in [0.2, 0.25) is 0 Å². The van der Waals surface area contributed by atoms with Gasteiger partial charge in [-0.1, -0.05) is 36.4 Å². The van der Waals surface area contributed by atoms with Gasteiger partial charge in [-0.25, -0.2) is 0 Å². The highest BCUT2D eigenvalue weighted by Crippen LogP contribution is 2.17. The highest BCUT2D eigenvalue weighted by Gasteiger charge is 2.20. The smallest absolute Gasteiger partial charge is 0.292 e. The third kappa shape index (κ3) is 4.64. The second-order valence-corrected chi connectivity index (χ2v) is 5.70. The first kappa shape index (κ1) is 18.0. The van der Waals surface area contributed by atoms with E-state index in [1.807, 2.05) is 0 Å². The van der Waals surface area contributed by atoms with Crippen molar-refractivity contribution in [3.05, 3.63) is 95.8 Å². The fourth-order valence-electron chi connectivity index (χ4n) is 2.45. The highest BCUT2D eigenvalue weighted by atomic mass is 16.2. The topological polar surface area (TPSA) is 88.2 Å². The Balaban J connectivity index is 1.71. The summed E-state index contributed by atoms with van der Waals surface area (Å²) in [6.07, 6.45) is 1.61. The van der Waals surface area contributed by atoms with Crippen molar-refractivity contribution >= 4 is 23.3 Å². The summed E-state index contributed by atoms with van der Waals surface area (Å²) in [5, 5.41) is 5.23. The minimum atomic E-state index is -0.762. The molecule has 0 saturated heterocycles. The zero-order valence-electron chi connectivity index (χ0n) is 14.4. The van der Waals surface area contributed by atoms with Gasteiger partial charge < -0.3 is 10.6 Å². The Morgan fingerprint density at radius 2 is 1.52 bits per heavy atom. The molecular formula is C21H17N3O3. The average Bonchev–Trinajstić information content (AvgIpc) is 2.73. The molecule has 3 rings (SSSR count). The monoisotopic (exact) mass is 359 g/mol. The number of hydrogen-bond donors (Lipinski definition) is 2. The van der Waals surface area contributed by atoms with Gasteiger partial charge in [-0.05, 0) is 36.4 Å². The summed E-state index contributed by atoms with van der Waals surface area (Å²) < 4.78 is 0. The van der Waals surface area contributed by atoms with E-state index >= 15 is 0 Å². The van der Waals surface area contributed by atoms with Crippen LogP contribution in [0.15, 0.2) is 79.0 Å². The van der Waals surface area contributed by atoms with Crippen molar-refractivity contribution in [2.75, 3.05) is 5.32 Å². The van der Waals surface area contributed by atoms with Crippen LogP contribution in [-0.4, -0.2) is 22.6 Å². The summed E-state index contributed by atoms with van der Waals surface area (Å²) in [6.45, 7) is 0.143. The van der Waals surface area contributed by atoms with Gasteiger partial charge in [0.2, 0.25) is 0 Å². The second-order valence-electron chi connectivity index (χ2n) is 5.70. The number of para-hydroxylation sites is 1. The Kier molecular flexibility index (Phi) is 5.69. The van der Waals surface area contributed by atoms with Crippen molar-refractivity contribution in [1.82, 2.24) is 10.3 Å². The van der Waals surface area contributed by atoms with E-state index in [1.54, 1.807) is 72.9 Å². The van der Waals surface area contributed by atoms with Gasteiger partial charge in [0.15, 0.2) is 0 Å². The lowest BCUT2D eigenvalue weighted by atomic mass is 10.1. The van der Waals surface area contributed by atoms with Crippen molar-refractivity contribution in [1.29, 1.82) is 0 Å². The lowest BCUT2D eigenvalue weighted by molar-refractivity contribution is -0.117. The Hall–Kier alpha value is -3.80. The van der Waals surface area contributed by atoms with Crippen molar-refractivity contribution in [3.63, 3.8) is 0 Å². The van der Waals surface area contributed by atoms with Gasteiger partial charge in [-0.2, -0.15) is 0 Å². The molecule has 0 fully saturated rings. The summed E-state index contributed by atoms with van der Waals surface area (Å²) in [6, 6.07) is 20.3. The zero-order chi connectivity index (χ0) is 19.1. The fourth-order valence-corrected chi connectivity index (χ4v) is 2.45. The number of pyridine rings is 1. The Labute approximate surface area is 156 Å². The van der Waals surface area contributed by atoms with Crippen LogP contribution in [0.1, 0.15) is 26.4 Å². The number of anilines is 1. The lowest BCUT2D eigenvalue weighted by Gasteiger charge is -2.10. The summed E-state index contributed by atoms with van der Waals surface area (Å²) >= 11 is 0. The van der Waals surface area contributed by atoms with Gasteiger partial charge in [0, 0.05) is 11.8 Å². The molecule has 1 heterocycles. The van der Waals surface area contributed by atoms with Gasteiger partial charge in [0.1, 0.15) is 0 Å². The quantitative estimate of drug-likeness (QED) is 0.523. The maximum absolute atomic E-state index is 12.5. The van der Waals surface area contributed by atoms with Gasteiger partial charge in [0.25, 0.3) is 17.6 Å². The van der Waals surface area contributed by atoms with Gasteiger partial charge in [-0.15, -0.1) is 0 Å². The van der Waals surface area contributed by atoms with Crippen molar-refractivity contribution in [2.45, 2.75) is 6.54 Å². The first-order valence-corrected chi connectivity index (χ1v) is 8.33. The minimum absolute atomic E-state index is 0.125. The van der Waals surface area contributed by atoms with Crippen LogP contribution in [-0.2, 0) is 11.3 Å². The van der Waals surface area contributed by atoms with Gasteiger partial charge in [-0.3, -0.25) is 19.4 Å². The van der Waals surface area contributed by atoms with Crippen LogP contribution in [0, 0.1) is 0 Å². The Bertz CT molecular complexity index is 957. The normalized spacial score (nSPS) is 10.1. The molecule has 6 heteroatoms. The molecule has 3 aromatic rings. The van der Waals surface area contributed by atoms with Crippen molar-refractivity contribution in [3.8, 4) is 0 Å².